The van der Waals surface area contributed by atoms with Crippen LogP contribution >= 0.6 is 0 Å². The molecule has 0 unspecified atom stereocenters. The monoisotopic (exact) mass is 380 g/mol. The first-order chi connectivity index (χ1) is 14.3. The maximum Gasteiger partial charge on any atom is 0.0690 e. The molecule has 0 aliphatic carbocycles. The first-order valence-electron chi connectivity index (χ1n) is 10.3. The molecule has 0 atom stereocenters. The lowest BCUT2D eigenvalue weighted by molar-refractivity contribution is 0.717. The van der Waals surface area contributed by atoms with E-state index in [1.54, 1.807) is 0 Å². The van der Waals surface area contributed by atoms with Gasteiger partial charge in [-0.15, -0.1) is 0 Å². The molecule has 0 amide bonds. The second kappa shape index (κ2) is 7.55. The first-order valence-corrected chi connectivity index (χ1v) is 10.3. The molecule has 5 rings (SSSR count). The van der Waals surface area contributed by atoms with Crippen LogP contribution in [0.5, 0.6) is 0 Å². The zero-order valence-electron chi connectivity index (χ0n) is 16.6. The number of fused-ring (bicyclic) bond motifs is 8. The molecule has 0 saturated heterocycles. The summed E-state index contributed by atoms with van der Waals surface area (Å²) in [5.41, 5.74) is 9.49. The molecule has 0 spiro atoms. The molecule has 4 nitrogen and oxygen atoms in total. The minimum absolute atomic E-state index is 0.948. The molecule has 0 fully saturated rings. The lowest BCUT2D eigenvalue weighted by Gasteiger charge is -2.02. The average Bonchev–Trinajstić information content (AvgIpc) is 3.49. The summed E-state index contributed by atoms with van der Waals surface area (Å²) in [5, 5.41) is 0. The van der Waals surface area contributed by atoms with Crippen molar-refractivity contribution in [1.29, 1.82) is 0 Å². The Kier molecular flexibility index (Phi) is 4.60. The van der Waals surface area contributed by atoms with Crippen LogP contribution in [-0.2, 0) is 6.42 Å². The topological polar surface area (TPSA) is 57.4 Å². The smallest absolute Gasteiger partial charge is 0.0690 e. The zero-order valence-corrected chi connectivity index (χ0v) is 16.6. The van der Waals surface area contributed by atoms with E-state index < -0.39 is 0 Å². The predicted octanol–water partition coefficient (Wildman–Crippen LogP) is 6.39. The minimum atomic E-state index is 0.948. The molecule has 2 aliphatic heterocycles. The highest BCUT2D eigenvalue weighted by molar-refractivity contribution is 5.79. The lowest BCUT2D eigenvalue weighted by atomic mass is 10.1. The number of aromatic amines is 2. The minimum Gasteiger partial charge on any atom is -0.355 e. The van der Waals surface area contributed by atoms with Gasteiger partial charge in [-0.25, -0.2) is 9.97 Å². The van der Waals surface area contributed by atoms with Crippen LogP contribution in [0.25, 0.3) is 46.4 Å². The number of unbranched alkanes of at least 4 members (excludes halogenated alkanes) is 2. The van der Waals surface area contributed by atoms with Crippen LogP contribution in [0, 0.1) is 0 Å². The molecule has 144 valence electrons. The number of aromatic nitrogens is 4. The lowest BCUT2D eigenvalue weighted by Crippen LogP contribution is -1.91. The summed E-state index contributed by atoms with van der Waals surface area (Å²) in [6.07, 6.45) is 13.0. The molecule has 5 heterocycles. The van der Waals surface area contributed by atoms with Crippen molar-refractivity contribution < 1.29 is 0 Å². The fraction of sp³-hybridized carbons (Fsp3) is 0.200. The van der Waals surface area contributed by atoms with Gasteiger partial charge in [0.15, 0.2) is 0 Å². The maximum absolute atomic E-state index is 4.91. The fourth-order valence-corrected chi connectivity index (χ4v) is 3.88. The number of rotatable bonds is 4. The van der Waals surface area contributed by atoms with Gasteiger partial charge < -0.3 is 9.97 Å². The van der Waals surface area contributed by atoms with Crippen molar-refractivity contribution in [3.05, 3.63) is 70.8 Å². The third kappa shape index (κ3) is 3.79. The van der Waals surface area contributed by atoms with Crippen molar-refractivity contribution in [2.24, 2.45) is 0 Å². The normalized spacial score (nSPS) is 12.6. The standard InChI is InChI=1S/C25H24N4/c1-2-3-4-5-23-24-12-10-21(28-24)15-19-8-6-17(26-19)14-18-7-9-20(27-18)16-22-11-13-25(23)29-22/h6-16,26,29H,2-5H2,1H3. The van der Waals surface area contributed by atoms with Crippen molar-refractivity contribution in [2.45, 2.75) is 32.6 Å². The van der Waals surface area contributed by atoms with E-state index in [0.717, 1.165) is 51.3 Å². The first kappa shape index (κ1) is 17.7. The Bertz CT molecular complexity index is 1270. The largest absolute Gasteiger partial charge is 0.355 e. The van der Waals surface area contributed by atoms with Gasteiger partial charge >= 0.3 is 0 Å². The number of H-pyrrole nitrogens is 2. The van der Waals surface area contributed by atoms with Crippen LogP contribution in [0.4, 0.5) is 0 Å². The maximum atomic E-state index is 4.91. The summed E-state index contributed by atoms with van der Waals surface area (Å²) < 4.78 is 0. The number of aryl methyl sites for hydroxylation is 1. The van der Waals surface area contributed by atoms with E-state index in [9.17, 15) is 0 Å². The van der Waals surface area contributed by atoms with Crippen LogP contribution in [-0.4, -0.2) is 19.9 Å². The molecule has 0 radical (unpaired) electrons. The van der Waals surface area contributed by atoms with Gasteiger partial charge in [0.25, 0.3) is 0 Å². The molecule has 8 bridgehead atoms. The van der Waals surface area contributed by atoms with E-state index >= 15 is 0 Å². The van der Waals surface area contributed by atoms with Gasteiger partial charge in [0.05, 0.1) is 22.8 Å². The second-order valence-corrected chi connectivity index (χ2v) is 7.62. The number of hydrogen-bond donors (Lipinski definition) is 2. The number of hydrogen-bond acceptors (Lipinski definition) is 2. The fourth-order valence-electron chi connectivity index (χ4n) is 3.88. The Morgan fingerprint density at radius 1 is 0.690 bits per heavy atom. The van der Waals surface area contributed by atoms with E-state index in [-0.39, 0.29) is 0 Å². The van der Waals surface area contributed by atoms with Crippen molar-refractivity contribution in [3.63, 3.8) is 0 Å². The summed E-state index contributed by atoms with van der Waals surface area (Å²) in [6, 6.07) is 14.7. The molecule has 3 aromatic rings. The van der Waals surface area contributed by atoms with Crippen molar-refractivity contribution in [3.8, 4) is 0 Å². The highest BCUT2D eigenvalue weighted by atomic mass is 14.8. The Balaban J connectivity index is 1.77. The molecule has 2 N–H and O–H groups in total. The van der Waals surface area contributed by atoms with E-state index in [2.05, 4.69) is 77.6 Å². The van der Waals surface area contributed by atoms with Gasteiger partial charge in [0, 0.05) is 27.6 Å². The molecule has 0 saturated carbocycles. The Hall–Kier alpha value is -3.40. The summed E-state index contributed by atoms with van der Waals surface area (Å²) >= 11 is 0. The Morgan fingerprint density at radius 2 is 1.31 bits per heavy atom. The summed E-state index contributed by atoms with van der Waals surface area (Å²) in [5.74, 6) is 0. The van der Waals surface area contributed by atoms with Gasteiger partial charge in [-0.1, -0.05) is 19.8 Å². The van der Waals surface area contributed by atoms with Gasteiger partial charge in [-0.2, -0.15) is 0 Å². The average molecular weight is 380 g/mol. The van der Waals surface area contributed by atoms with Crippen LogP contribution in [0.1, 0.15) is 54.5 Å². The van der Waals surface area contributed by atoms with Crippen molar-refractivity contribution >= 4 is 46.4 Å². The highest BCUT2D eigenvalue weighted by Crippen LogP contribution is 2.22. The van der Waals surface area contributed by atoms with Gasteiger partial charge in [0.1, 0.15) is 0 Å². The Labute approximate surface area is 170 Å². The molecule has 4 heteroatoms. The van der Waals surface area contributed by atoms with Crippen LogP contribution in [0.2, 0.25) is 0 Å². The molecule has 2 aliphatic rings. The van der Waals surface area contributed by atoms with Gasteiger partial charge in [-0.05, 0) is 79.6 Å². The third-order valence-corrected chi connectivity index (χ3v) is 5.36. The van der Waals surface area contributed by atoms with E-state index in [4.69, 9.17) is 9.97 Å². The highest BCUT2D eigenvalue weighted by Gasteiger charge is 2.08. The van der Waals surface area contributed by atoms with Gasteiger partial charge in [0.2, 0.25) is 0 Å². The summed E-state index contributed by atoms with van der Waals surface area (Å²) in [4.78, 5) is 16.6. The van der Waals surface area contributed by atoms with Crippen LogP contribution < -0.4 is 0 Å². The SMILES string of the molecule is CCCCCc1c2nc(cc3ccc(cc4nc(cc5ccc1[nH]5)C=C4)[nH]3)C=C2. The second-order valence-electron chi connectivity index (χ2n) is 7.62. The summed E-state index contributed by atoms with van der Waals surface area (Å²) in [6.45, 7) is 2.24. The number of nitrogens with one attached hydrogen (secondary N) is 2. The molecular formula is C25H24N4. The Morgan fingerprint density at radius 3 is 2.03 bits per heavy atom. The van der Waals surface area contributed by atoms with Crippen LogP contribution in [0.15, 0.2) is 42.5 Å². The molecular weight excluding hydrogens is 356 g/mol. The zero-order chi connectivity index (χ0) is 19.6. The third-order valence-electron chi connectivity index (χ3n) is 5.36. The van der Waals surface area contributed by atoms with Crippen molar-refractivity contribution in [1.82, 2.24) is 19.9 Å². The summed E-state index contributed by atoms with van der Waals surface area (Å²) in [7, 11) is 0. The van der Waals surface area contributed by atoms with E-state index in [0.29, 0.717) is 0 Å². The predicted molar refractivity (Wildman–Crippen MR) is 122 cm³/mol. The van der Waals surface area contributed by atoms with Crippen LogP contribution in [0.3, 0.4) is 0 Å². The quantitative estimate of drug-likeness (QED) is 0.355. The van der Waals surface area contributed by atoms with E-state index in [1.165, 1.54) is 24.8 Å². The van der Waals surface area contributed by atoms with Crippen molar-refractivity contribution in [2.75, 3.05) is 0 Å². The number of nitrogens with zero attached hydrogens (tertiary/aromatic N) is 2. The van der Waals surface area contributed by atoms with E-state index in [1.807, 2.05) is 6.08 Å². The molecule has 29 heavy (non-hydrogen) atoms. The molecule has 3 aromatic heterocycles. The molecule has 0 aromatic carbocycles. The van der Waals surface area contributed by atoms with Gasteiger partial charge in [-0.3, -0.25) is 0 Å².